The third kappa shape index (κ3) is 3.64. The van der Waals surface area contributed by atoms with Crippen LogP contribution in [0, 0.1) is 5.92 Å². The number of halogens is 1. The molecule has 1 amide bonds. The molecule has 2 unspecified atom stereocenters. The molecule has 1 aromatic carbocycles. The van der Waals surface area contributed by atoms with Gasteiger partial charge in [-0.15, -0.1) is 12.4 Å². The van der Waals surface area contributed by atoms with Crippen LogP contribution in [0.3, 0.4) is 0 Å². The number of hydrogen-bond acceptors (Lipinski definition) is 2. The van der Waals surface area contributed by atoms with Crippen molar-refractivity contribution in [3.63, 3.8) is 0 Å². The van der Waals surface area contributed by atoms with E-state index in [1.54, 1.807) is 0 Å². The molecule has 1 heterocycles. The lowest BCUT2D eigenvalue weighted by Crippen LogP contribution is -2.49. The van der Waals surface area contributed by atoms with Gasteiger partial charge in [0.1, 0.15) is 0 Å². The lowest BCUT2D eigenvalue weighted by Gasteiger charge is -2.38. The van der Waals surface area contributed by atoms with Crippen molar-refractivity contribution in [1.29, 1.82) is 0 Å². The molecule has 0 spiro atoms. The molecule has 1 saturated heterocycles. The molecule has 2 atom stereocenters. The second-order valence-corrected chi connectivity index (χ2v) is 6.74. The van der Waals surface area contributed by atoms with Crippen molar-refractivity contribution in [2.45, 2.75) is 51.5 Å². The smallest absolute Gasteiger partial charge is 0.227 e. The molecule has 22 heavy (non-hydrogen) atoms. The molecule has 0 saturated carbocycles. The molecule has 2 aliphatic rings. The van der Waals surface area contributed by atoms with Crippen LogP contribution in [-0.4, -0.2) is 29.9 Å². The van der Waals surface area contributed by atoms with Gasteiger partial charge in [-0.3, -0.25) is 4.79 Å². The Bertz CT molecular complexity index is 532. The first-order chi connectivity index (χ1) is 10.2. The zero-order valence-electron chi connectivity index (χ0n) is 13.4. The quantitative estimate of drug-likeness (QED) is 0.930. The summed E-state index contributed by atoms with van der Waals surface area (Å²) in [6, 6.07) is 6.82. The lowest BCUT2D eigenvalue weighted by molar-refractivity contribution is -0.134. The summed E-state index contributed by atoms with van der Waals surface area (Å²) in [5, 5.41) is 0. The maximum atomic E-state index is 12.6. The van der Waals surface area contributed by atoms with Crippen LogP contribution in [0.4, 0.5) is 0 Å². The summed E-state index contributed by atoms with van der Waals surface area (Å²) >= 11 is 0. The number of nitrogens with two attached hydrogens (primary N) is 1. The highest BCUT2D eigenvalue weighted by atomic mass is 35.5. The molecule has 1 fully saturated rings. The summed E-state index contributed by atoms with van der Waals surface area (Å²) in [6.45, 7) is 3.71. The Morgan fingerprint density at radius 1 is 1.32 bits per heavy atom. The number of amides is 1. The predicted molar refractivity (Wildman–Crippen MR) is 92.4 cm³/mol. The summed E-state index contributed by atoms with van der Waals surface area (Å²) in [6.07, 6.45) is 6.30. The Balaban J connectivity index is 0.00000176. The Labute approximate surface area is 139 Å². The number of likely N-dealkylation sites (tertiary alicyclic amines) is 1. The number of piperidine rings is 1. The largest absolute Gasteiger partial charge is 0.338 e. The number of fused-ring (bicyclic) bond motifs is 1. The second kappa shape index (κ2) is 7.47. The van der Waals surface area contributed by atoms with Crippen LogP contribution < -0.4 is 5.73 Å². The van der Waals surface area contributed by atoms with Gasteiger partial charge in [0.2, 0.25) is 5.91 Å². The van der Waals surface area contributed by atoms with E-state index in [0.717, 1.165) is 24.9 Å². The zero-order chi connectivity index (χ0) is 14.8. The highest BCUT2D eigenvalue weighted by Gasteiger charge is 2.28. The van der Waals surface area contributed by atoms with Crippen molar-refractivity contribution in [3.05, 3.63) is 34.9 Å². The summed E-state index contributed by atoms with van der Waals surface area (Å²) in [5.41, 5.74) is 9.95. The summed E-state index contributed by atoms with van der Waals surface area (Å²) in [4.78, 5) is 14.6. The predicted octanol–water partition coefficient (Wildman–Crippen LogP) is 2.73. The average molecular weight is 323 g/mol. The molecule has 4 heteroatoms. The Hall–Kier alpha value is -1.06. The first-order valence-corrected chi connectivity index (χ1v) is 8.27. The molecular weight excluding hydrogens is 296 g/mol. The van der Waals surface area contributed by atoms with Crippen LogP contribution in [0.25, 0.3) is 0 Å². The first kappa shape index (κ1) is 17.3. The SMILES string of the molecule is CC1CCN(C(=O)Cc2ccc3c(c2)CCC3)C(CN)C1.Cl. The maximum Gasteiger partial charge on any atom is 0.227 e. The van der Waals surface area contributed by atoms with E-state index in [0.29, 0.717) is 18.9 Å². The number of aryl methyl sites for hydroxylation is 2. The molecule has 0 aromatic heterocycles. The van der Waals surface area contributed by atoms with Crippen molar-refractivity contribution in [2.75, 3.05) is 13.1 Å². The van der Waals surface area contributed by atoms with E-state index in [9.17, 15) is 4.79 Å². The standard InChI is InChI=1S/C18H26N2O.ClH/c1-13-7-8-20(17(9-13)12-19)18(21)11-14-5-6-15-3-2-4-16(15)10-14;/h5-6,10,13,17H,2-4,7-9,11-12,19H2,1H3;1H. The second-order valence-electron chi connectivity index (χ2n) is 6.74. The summed E-state index contributed by atoms with van der Waals surface area (Å²) in [7, 11) is 0. The molecular formula is C18H27ClN2O. The molecule has 0 bridgehead atoms. The van der Waals surface area contributed by atoms with Gasteiger partial charge in [-0.05, 0) is 54.7 Å². The molecule has 3 rings (SSSR count). The van der Waals surface area contributed by atoms with E-state index >= 15 is 0 Å². The molecule has 3 nitrogen and oxygen atoms in total. The molecule has 1 aliphatic heterocycles. The minimum absolute atomic E-state index is 0. The number of nitrogens with zero attached hydrogens (tertiary/aromatic N) is 1. The average Bonchev–Trinajstić information content (AvgIpc) is 2.94. The van der Waals surface area contributed by atoms with E-state index in [1.165, 1.54) is 30.4 Å². The van der Waals surface area contributed by atoms with Crippen molar-refractivity contribution < 1.29 is 4.79 Å². The number of carbonyl (C=O) groups excluding carboxylic acids is 1. The van der Waals surface area contributed by atoms with Crippen LogP contribution in [0.15, 0.2) is 18.2 Å². The number of benzene rings is 1. The molecule has 2 N–H and O–H groups in total. The van der Waals surface area contributed by atoms with Crippen LogP contribution >= 0.6 is 12.4 Å². The Morgan fingerprint density at radius 2 is 2.09 bits per heavy atom. The van der Waals surface area contributed by atoms with Crippen LogP contribution in [0.1, 0.15) is 42.9 Å². The van der Waals surface area contributed by atoms with E-state index in [2.05, 4.69) is 25.1 Å². The molecule has 1 aromatic rings. The Kier molecular flexibility index (Phi) is 5.87. The summed E-state index contributed by atoms with van der Waals surface area (Å²) < 4.78 is 0. The van der Waals surface area contributed by atoms with Gasteiger partial charge in [-0.25, -0.2) is 0 Å². The van der Waals surface area contributed by atoms with Crippen molar-refractivity contribution >= 4 is 18.3 Å². The van der Waals surface area contributed by atoms with Crippen LogP contribution in [0.2, 0.25) is 0 Å². The lowest BCUT2D eigenvalue weighted by atomic mass is 9.92. The fourth-order valence-corrected chi connectivity index (χ4v) is 3.81. The third-order valence-electron chi connectivity index (χ3n) is 5.09. The van der Waals surface area contributed by atoms with Crippen molar-refractivity contribution in [3.8, 4) is 0 Å². The van der Waals surface area contributed by atoms with Gasteiger partial charge in [-0.2, -0.15) is 0 Å². The molecule has 122 valence electrons. The molecule has 1 aliphatic carbocycles. The van der Waals surface area contributed by atoms with Gasteiger partial charge >= 0.3 is 0 Å². The number of rotatable bonds is 3. The number of carbonyl (C=O) groups is 1. The van der Waals surface area contributed by atoms with Gasteiger partial charge in [0, 0.05) is 19.1 Å². The minimum atomic E-state index is 0. The normalized spacial score (nSPS) is 23.8. The van der Waals surface area contributed by atoms with Gasteiger partial charge in [0.25, 0.3) is 0 Å². The van der Waals surface area contributed by atoms with E-state index in [1.807, 2.05) is 4.90 Å². The monoisotopic (exact) mass is 322 g/mol. The van der Waals surface area contributed by atoms with E-state index in [4.69, 9.17) is 5.73 Å². The van der Waals surface area contributed by atoms with Crippen LogP contribution in [0.5, 0.6) is 0 Å². The van der Waals surface area contributed by atoms with Gasteiger partial charge < -0.3 is 10.6 Å². The van der Waals surface area contributed by atoms with E-state index < -0.39 is 0 Å². The van der Waals surface area contributed by atoms with Crippen LogP contribution in [-0.2, 0) is 24.1 Å². The maximum absolute atomic E-state index is 12.6. The van der Waals surface area contributed by atoms with Crippen molar-refractivity contribution in [2.24, 2.45) is 11.7 Å². The topological polar surface area (TPSA) is 46.3 Å². The minimum Gasteiger partial charge on any atom is -0.338 e. The first-order valence-electron chi connectivity index (χ1n) is 8.27. The zero-order valence-corrected chi connectivity index (χ0v) is 14.2. The fourth-order valence-electron chi connectivity index (χ4n) is 3.81. The highest BCUT2D eigenvalue weighted by molar-refractivity contribution is 5.85. The Morgan fingerprint density at radius 3 is 2.86 bits per heavy atom. The number of hydrogen-bond donors (Lipinski definition) is 1. The van der Waals surface area contributed by atoms with Gasteiger partial charge in [0.15, 0.2) is 0 Å². The van der Waals surface area contributed by atoms with Gasteiger partial charge in [0.05, 0.1) is 6.42 Å². The highest BCUT2D eigenvalue weighted by Crippen LogP contribution is 2.25. The third-order valence-corrected chi connectivity index (χ3v) is 5.09. The summed E-state index contributed by atoms with van der Waals surface area (Å²) in [5.74, 6) is 0.929. The van der Waals surface area contributed by atoms with Gasteiger partial charge in [-0.1, -0.05) is 25.1 Å². The fraction of sp³-hybridized carbons (Fsp3) is 0.611. The van der Waals surface area contributed by atoms with Crippen molar-refractivity contribution in [1.82, 2.24) is 4.90 Å². The molecule has 0 radical (unpaired) electrons. The van der Waals surface area contributed by atoms with E-state index in [-0.39, 0.29) is 24.4 Å².